The van der Waals surface area contributed by atoms with Gasteiger partial charge in [-0.15, -0.1) is 0 Å². The first kappa shape index (κ1) is 17.4. The van der Waals surface area contributed by atoms with E-state index in [1.54, 1.807) is 0 Å². The lowest BCUT2D eigenvalue weighted by Gasteiger charge is -2.29. The summed E-state index contributed by atoms with van der Waals surface area (Å²) in [5.74, 6) is 1.54. The van der Waals surface area contributed by atoms with E-state index in [0.717, 1.165) is 66.0 Å². The molecule has 2 aliphatic heterocycles. The third kappa shape index (κ3) is 3.29. The van der Waals surface area contributed by atoms with E-state index < -0.39 is 0 Å². The normalized spacial score (nSPS) is 19.6. The number of H-pyrrole nitrogens is 1. The summed E-state index contributed by atoms with van der Waals surface area (Å²) in [6, 6.07) is 8.12. The molecule has 2 aromatic heterocycles. The highest BCUT2D eigenvalue weighted by atomic mass is 16.2. The largest absolute Gasteiger partial charge is 0.361 e. The Hall–Kier alpha value is -2.73. The maximum absolute atomic E-state index is 12.9. The average Bonchev–Trinajstić information content (AvgIpc) is 3.16. The third-order valence-electron chi connectivity index (χ3n) is 5.98. The van der Waals surface area contributed by atoms with Gasteiger partial charge < -0.3 is 15.2 Å². The molecule has 0 saturated carbocycles. The molecule has 28 heavy (non-hydrogen) atoms. The Morgan fingerprint density at radius 2 is 2.21 bits per heavy atom. The predicted molar refractivity (Wildman–Crippen MR) is 108 cm³/mol. The van der Waals surface area contributed by atoms with Gasteiger partial charge in [0.2, 0.25) is 5.91 Å². The first-order valence-corrected chi connectivity index (χ1v) is 10.2. The minimum absolute atomic E-state index is 0.163. The van der Waals surface area contributed by atoms with Gasteiger partial charge in [-0.1, -0.05) is 18.2 Å². The highest BCUT2D eigenvalue weighted by molar-refractivity contribution is 5.88. The molecule has 3 aromatic rings. The molecule has 6 nitrogen and oxygen atoms in total. The molecule has 4 heterocycles. The van der Waals surface area contributed by atoms with Crippen molar-refractivity contribution in [1.29, 1.82) is 0 Å². The molecule has 1 saturated heterocycles. The second-order valence-corrected chi connectivity index (χ2v) is 7.84. The Kier molecular flexibility index (Phi) is 4.56. The minimum atomic E-state index is 0.163. The predicted octanol–water partition coefficient (Wildman–Crippen LogP) is 2.55. The van der Waals surface area contributed by atoms with E-state index in [9.17, 15) is 4.79 Å². The topological polar surface area (TPSA) is 73.9 Å². The van der Waals surface area contributed by atoms with Gasteiger partial charge in [0.15, 0.2) is 0 Å². The molecule has 0 spiro atoms. The molecule has 0 bridgehead atoms. The zero-order chi connectivity index (χ0) is 18.9. The van der Waals surface area contributed by atoms with Gasteiger partial charge in [-0.05, 0) is 31.0 Å². The number of rotatable bonds is 3. The summed E-state index contributed by atoms with van der Waals surface area (Å²) in [4.78, 5) is 27.6. The van der Waals surface area contributed by atoms with Crippen LogP contribution in [0.3, 0.4) is 0 Å². The number of benzene rings is 1. The van der Waals surface area contributed by atoms with Gasteiger partial charge >= 0.3 is 0 Å². The number of fused-ring (bicyclic) bond motifs is 2. The van der Waals surface area contributed by atoms with Crippen LogP contribution in [0.4, 0.5) is 0 Å². The molecule has 5 rings (SSSR count). The first-order valence-electron chi connectivity index (χ1n) is 10.2. The van der Waals surface area contributed by atoms with Crippen LogP contribution in [0.2, 0.25) is 0 Å². The standard InChI is InChI=1S/C22H25N5O/c28-21(10-16-12-24-20-6-2-1-5-18(16)20)27-9-7-19-17(14-27)13-25-22(26-19)15-4-3-8-23-11-15/h1-2,5-6,12-13,15,23-24H,3-4,7-11,14H2. The number of hydrogen-bond acceptors (Lipinski definition) is 4. The number of nitrogens with one attached hydrogen (secondary N) is 2. The lowest BCUT2D eigenvalue weighted by atomic mass is 9.98. The van der Waals surface area contributed by atoms with Crippen molar-refractivity contribution in [1.82, 2.24) is 25.2 Å². The number of aromatic nitrogens is 3. The van der Waals surface area contributed by atoms with Crippen molar-refractivity contribution in [2.45, 2.75) is 38.1 Å². The molecule has 2 N–H and O–H groups in total. The Morgan fingerprint density at radius 1 is 1.29 bits per heavy atom. The van der Waals surface area contributed by atoms with Crippen LogP contribution in [0.5, 0.6) is 0 Å². The minimum Gasteiger partial charge on any atom is -0.361 e. The summed E-state index contributed by atoms with van der Waals surface area (Å²) >= 11 is 0. The Balaban J connectivity index is 1.29. The summed E-state index contributed by atoms with van der Waals surface area (Å²) in [5.41, 5.74) is 4.34. The monoisotopic (exact) mass is 375 g/mol. The number of carbonyl (C=O) groups excluding carboxylic acids is 1. The van der Waals surface area contributed by atoms with Crippen molar-refractivity contribution >= 4 is 16.8 Å². The molecule has 1 fully saturated rings. The molecule has 0 aliphatic carbocycles. The highest BCUT2D eigenvalue weighted by Crippen LogP contribution is 2.24. The van der Waals surface area contributed by atoms with Crippen molar-refractivity contribution in [3.8, 4) is 0 Å². The number of carbonyl (C=O) groups is 1. The van der Waals surface area contributed by atoms with Crippen LogP contribution in [-0.2, 0) is 24.2 Å². The van der Waals surface area contributed by atoms with Crippen LogP contribution >= 0.6 is 0 Å². The molecule has 1 unspecified atom stereocenters. The van der Waals surface area contributed by atoms with Gasteiger partial charge in [0.05, 0.1) is 12.1 Å². The van der Waals surface area contributed by atoms with Crippen LogP contribution in [0, 0.1) is 0 Å². The van der Waals surface area contributed by atoms with Crippen molar-refractivity contribution in [3.63, 3.8) is 0 Å². The van der Waals surface area contributed by atoms with E-state index in [4.69, 9.17) is 4.98 Å². The molecule has 144 valence electrons. The van der Waals surface area contributed by atoms with E-state index in [0.29, 0.717) is 18.9 Å². The second kappa shape index (κ2) is 7.36. The van der Waals surface area contributed by atoms with Gasteiger partial charge in [0.25, 0.3) is 0 Å². The SMILES string of the molecule is O=C(Cc1c[nH]c2ccccc12)N1CCc2nc(C3CCCNC3)ncc2C1. The van der Waals surface area contributed by atoms with Crippen LogP contribution in [0.15, 0.2) is 36.7 Å². The van der Waals surface area contributed by atoms with Gasteiger partial charge in [0, 0.05) is 60.8 Å². The van der Waals surface area contributed by atoms with E-state index in [2.05, 4.69) is 21.4 Å². The smallest absolute Gasteiger partial charge is 0.227 e. The second-order valence-electron chi connectivity index (χ2n) is 7.84. The zero-order valence-electron chi connectivity index (χ0n) is 15.9. The number of nitrogens with zero attached hydrogens (tertiary/aromatic N) is 3. The van der Waals surface area contributed by atoms with E-state index in [1.165, 1.54) is 6.42 Å². The zero-order valence-corrected chi connectivity index (χ0v) is 15.9. The van der Waals surface area contributed by atoms with Crippen molar-refractivity contribution < 1.29 is 4.79 Å². The number of amides is 1. The van der Waals surface area contributed by atoms with Gasteiger partial charge in [-0.25, -0.2) is 9.97 Å². The molecule has 0 radical (unpaired) electrons. The number of hydrogen-bond donors (Lipinski definition) is 2. The molecule has 2 aliphatic rings. The van der Waals surface area contributed by atoms with Crippen LogP contribution in [0.1, 0.15) is 41.4 Å². The van der Waals surface area contributed by atoms with Crippen molar-refractivity contribution in [3.05, 3.63) is 59.3 Å². The third-order valence-corrected chi connectivity index (χ3v) is 5.98. The summed E-state index contributed by atoms with van der Waals surface area (Å²) in [5, 5.41) is 4.56. The van der Waals surface area contributed by atoms with E-state index >= 15 is 0 Å². The summed E-state index contributed by atoms with van der Waals surface area (Å²) in [7, 11) is 0. The van der Waals surface area contributed by atoms with Crippen molar-refractivity contribution in [2.75, 3.05) is 19.6 Å². The fraction of sp³-hybridized carbons (Fsp3) is 0.409. The molecular formula is C22H25N5O. The Morgan fingerprint density at radius 3 is 3.11 bits per heavy atom. The van der Waals surface area contributed by atoms with E-state index in [1.807, 2.05) is 35.5 Å². The molecule has 1 aromatic carbocycles. The van der Waals surface area contributed by atoms with E-state index in [-0.39, 0.29) is 5.91 Å². The maximum atomic E-state index is 12.9. The molecule has 1 atom stereocenters. The van der Waals surface area contributed by atoms with Gasteiger partial charge in [-0.2, -0.15) is 0 Å². The first-order chi connectivity index (χ1) is 13.8. The summed E-state index contributed by atoms with van der Waals surface area (Å²) in [6.45, 7) is 3.40. The fourth-order valence-electron chi connectivity index (χ4n) is 4.37. The Bertz CT molecular complexity index is 1010. The number of piperidine rings is 1. The summed E-state index contributed by atoms with van der Waals surface area (Å²) in [6.07, 6.45) is 7.46. The van der Waals surface area contributed by atoms with Crippen LogP contribution in [0.25, 0.3) is 10.9 Å². The molecular weight excluding hydrogens is 350 g/mol. The molecule has 1 amide bonds. The van der Waals surface area contributed by atoms with Crippen LogP contribution in [-0.4, -0.2) is 45.4 Å². The highest BCUT2D eigenvalue weighted by Gasteiger charge is 2.25. The lowest BCUT2D eigenvalue weighted by Crippen LogP contribution is -2.37. The molecule has 6 heteroatoms. The van der Waals surface area contributed by atoms with Crippen LogP contribution < -0.4 is 5.32 Å². The fourth-order valence-corrected chi connectivity index (χ4v) is 4.37. The Labute approximate surface area is 164 Å². The average molecular weight is 375 g/mol. The lowest BCUT2D eigenvalue weighted by molar-refractivity contribution is -0.131. The summed E-state index contributed by atoms with van der Waals surface area (Å²) < 4.78 is 0. The van der Waals surface area contributed by atoms with Crippen molar-refractivity contribution in [2.24, 2.45) is 0 Å². The van der Waals surface area contributed by atoms with Gasteiger partial charge in [-0.3, -0.25) is 4.79 Å². The maximum Gasteiger partial charge on any atom is 0.227 e. The number of aromatic amines is 1. The van der Waals surface area contributed by atoms with Gasteiger partial charge in [0.1, 0.15) is 5.82 Å². The quantitative estimate of drug-likeness (QED) is 0.738. The number of para-hydroxylation sites is 1.